The van der Waals surface area contributed by atoms with Crippen LogP contribution in [0.15, 0.2) is 48.9 Å². The van der Waals surface area contributed by atoms with Crippen LogP contribution in [0.25, 0.3) is 22.2 Å². The van der Waals surface area contributed by atoms with E-state index in [1.54, 1.807) is 27.8 Å². The molecule has 0 spiro atoms. The first-order valence-corrected chi connectivity index (χ1v) is 12.0. The first kappa shape index (κ1) is 24.9. The molecule has 2 saturated heterocycles. The topological polar surface area (TPSA) is 71.3 Å². The number of halogens is 4. The summed E-state index contributed by atoms with van der Waals surface area (Å²) in [5.41, 5.74) is 0.660. The van der Waals surface area contributed by atoms with Gasteiger partial charge in [-0.2, -0.15) is 18.3 Å². The molecule has 2 aliphatic heterocycles. The Morgan fingerprint density at radius 2 is 1.76 bits per heavy atom. The molecular formula is C26H25F4N5O2. The normalized spacial score (nSPS) is 17.2. The van der Waals surface area contributed by atoms with Crippen molar-refractivity contribution in [3.05, 3.63) is 60.2 Å². The van der Waals surface area contributed by atoms with E-state index in [4.69, 9.17) is 0 Å². The fraction of sp³-hybridized carbons (Fsp3) is 0.385. The average molecular weight is 516 g/mol. The highest BCUT2D eigenvalue weighted by Crippen LogP contribution is 2.36. The number of likely N-dealkylation sites (tertiary alicyclic amines) is 2. The van der Waals surface area contributed by atoms with Crippen LogP contribution in [-0.4, -0.2) is 62.6 Å². The number of para-hydroxylation sites is 1. The van der Waals surface area contributed by atoms with Crippen LogP contribution in [0.1, 0.15) is 41.9 Å². The Bertz CT molecular complexity index is 1370. The van der Waals surface area contributed by atoms with E-state index < -0.39 is 23.6 Å². The van der Waals surface area contributed by atoms with E-state index in [1.165, 1.54) is 11.0 Å². The summed E-state index contributed by atoms with van der Waals surface area (Å²) in [6.07, 6.45) is -1.67. The summed E-state index contributed by atoms with van der Waals surface area (Å²) >= 11 is 0. The van der Waals surface area contributed by atoms with Crippen LogP contribution in [0.5, 0.6) is 0 Å². The summed E-state index contributed by atoms with van der Waals surface area (Å²) in [6.45, 7) is 6.78. The van der Waals surface area contributed by atoms with E-state index in [0.717, 1.165) is 25.1 Å². The van der Waals surface area contributed by atoms with Crippen molar-refractivity contribution in [1.82, 2.24) is 24.6 Å². The van der Waals surface area contributed by atoms with Crippen LogP contribution < -0.4 is 0 Å². The zero-order valence-electron chi connectivity index (χ0n) is 20.1. The third kappa shape index (κ3) is 4.58. The fourth-order valence-corrected chi connectivity index (χ4v) is 4.87. The lowest BCUT2D eigenvalue weighted by molar-refractivity contribution is -0.141. The van der Waals surface area contributed by atoms with Crippen molar-refractivity contribution in [2.75, 3.05) is 26.2 Å². The van der Waals surface area contributed by atoms with Gasteiger partial charge in [-0.05, 0) is 37.0 Å². The minimum atomic E-state index is -4.58. The van der Waals surface area contributed by atoms with Crippen LogP contribution >= 0.6 is 0 Å². The molecule has 0 aliphatic carbocycles. The highest BCUT2D eigenvalue weighted by atomic mass is 19.4. The van der Waals surface area contributed by atoms with Gasteiger partial charge in [-0.1, -0.05) is 25.6 Å². The number of piperidine rings is 1. The molecule has 0 unspecified atom stereocenters. The highest BCUT2D eigenvalue weighted by Gasteiger charge is 2.37. The second kappa shape index (κ2) is 9.28. The van der Waals surface area contributed by atoms with Crippen molar-refractivity contribution >= 4 is 22.7 Å². The van der Waals surface area contributed by atoms with Gasteiger partial charge in [0.1, 0.15) is 11.4 Å². The monoisotopic (exact) mass is 515 g/mol. The van der Waals surface area contributed by atoms with E-state index in [1.807, 2.05) is 0 Å². The maximum Gasteiger partial charge on any atom is 0.433 e. The van der Waals surface area contributed by atoms with Crippen molar-refractivity contribution < 1.29 is 27.2 Å². The van der Waals surface area contributed by atoms with Crippen LogP contribution in [0.3, 0.4) is 0 Å². The predicted octanol–water partition coefficient (Wildman–Crippen LogP) is 4.86. The van der Waals surface area contributed by atoms with Crippen LogP contribution in [0, 0.1) is 5.92 Å². The van der Waals surface area contributed by atoms with Gasteiger partial charge in [0.05, 0.1) is 17.1 Å². The summed E-state index contributed by atoms with van der Waals surface area (Å²) in [6, 6.07) is 7.02. The van der Waals surface area contributed by atoms with Crippen molar-refractivity contribution in [3.63, 3.8) is 0 Å². The van der Waals surface area contributed by atoms with Crippen LogP contribution in [0.4, 0.5) is 17.6 Å². The number of hydrogen-bond donors (Lipinski definition) is 0. The number of carbonyl (C=O) groups excluding carboxylic acids is 2. The largest absolute Gasteiger partial charge is 0.433 e. The van der Waals surface area contributed by atoms with Crippen LogP contribution in [-0.2, 0) is 11.0 Å². The van der Waals surface area contributed by atoms with E-state index in [9.17, 15) is 27.2 Å². The second-order valence-electron chi connectivity index (χ2n) is 9.67. The van der Waals surface area contributed by atoms with Crippen molar-refractivity contribution in [2.24, 2.45) is 5.92 Å². The van der Waals surface area contributed by atoms with Gasteiger partial charge in [-0.15, -0.1) is 0 Å². The maximum absolute atomic E-state index is 13.6. The number of benzene rings is 1. The zero-order valence-corrected chi connectivity index (χ0v) is 20.1. The van der Waals surface area contributed by atoms with Crippen molar-refractivity contribution in [3.8, 4) is 11.3 Å². The molecule has 11 heteroatoms. The molecule has 0 N–H and O–H groups in total. The Balaban J connectivity index is 1.58. The number of amides is 2. The molecule has 37 heavy (non-hydrogen) atoms. The van der Waals surface area contributed by atoms with Crippen LogP contribution in [0.2, 0.25) is 0 Å². The molecular weight excluding hydrogens is 490 g/mol. The van der Waals surface area contributed by atoms with E-state index in [2.05, 4.69) is 23.6 Å². The molecule has 2 aromatic heterocycles. The van der Waals surface area contributed by atoms with E-state index in [0.29, 0.717) is 46.7 Å². The van der Waals surface area contributed by atoms with Gasteiger partial charge in [0, 0.05) is 43.3 Å². The molecule has 0 bridgehead atoms. The Hall–Kier alpha value is -3.76. The summed E-state index contributed by atoms with van der Waals surface area (Å²) in [5, 5.41) is 5.26. The molecule has 0 radical (unpaired) electrons. The molecule has 2 fully saturated rings. The number of carbonyl (C=O) groups is 2. The molecule has 1 aromatic carbocycles. The summed E-state index contributed by atoms with van der Waals surface area (Å²) < 4.78 is 54.1. The fourth-order valence-electron chi connectivity index (χ4n) is 4.87. The zero-order chi connectivity index (χ0) is 26.5. The maximum atomic E-state index is 13.6. The Labute approximate surface area is 210 Å². The third-order valence-corrected chi connectivity index (χ3v) is 7.08. The first-order valence-electron chi connectivity index (χ1n) is 12.0. The third-order valence-electron chi connectivity index (χ3n) is 7.08. The molecule has 2 aliphatic rings. The molecule has 4 heterocycles. The minimum Gasteiger partial charge on any atom is -0.339 e. The van der Waals surface area contributed by atoms with Crippen molar-refractivity contribution in [1.29, 1.82) is 0 Å². The second-order valence-corrected chi connectivity index (χ2v) is 9.67. The molecule has 7 nitrogen and oxygen atoms in total. The lowest BCUT2D eigenvalue weighted by atomic mass is 9.98. The smallest absolute Gasteiger partial charge is 0.339 e. The Morgan fingerprint density at radius 3 is 2.35 bits per heavy atom. The van der Waals surface area contributed by atoms with Gasteiger partial charge in [0.15, 0.2) is 5.83 Å². The van der Waals surface area contributed by atoms with Gasteiger partial charge in [0.2, 0.25) is 0 Å². The lowest BCUT2D eigenvalue weighted by Crippen LogP contribution is -2.51. The molecule has 2 amide bonds. The van der Waals surface area contributed by atoms with Gasteiger partial charge in [0.25, 0.3) is 11.8 Å². The SMILES string of the molecule is C=C(F)C(=O)N1CC(n2nc(-c3ccc(C(F)(F)F)nc3)c3cccc(C(=O)N4CCC(C)CC4)c32)C1. The van der Waals surface area contributed by atoms with Gasteiger partial charge in [-0.3, -0.25) is 19.3 Å². The molecule has 194 valence electrons. The predicted molar refractivity (Wildman–Crippen MR) is 128 cm³/mol. The Kier molecular flexibility index (Phi) is 6.25. The summed E-state index contributed by atoms with van der Waals surface area (Å²) in [7, 11) is 0. The number of fused-ring (bicyclic) bond motifs is 1. The van der Waals surface area contributed by atoms with Gasteiger partial charge >= 0.3 is 6.18 Å². The molecule has 0 saturated carbocycles. The van der Waals surface area contributed by atoms with Gasteiger partial charge in [-0.25, -0.2) is 4.39 Å². The standard InChI is InChI=1S/C26H25F4N5O2/c1-15-8-10-33(11-9-15)25(37)20-5-3-4-19-22(17-6-7-21(31-12-17)26(28,29)30)32-35(23(19)20)18-13-34(14-18)24(36)16(2)27/h3-7,12,15,18H,2,8-11,13-14H2,1H3. The number of aromatic nitrogens is 3. The molecule has 5 rings (SSSR count). The number of pyridine rings is 1. The highest BCUT2D eigenvalue weighted by molar-refractivity contribution is 6.09. The number of hydrogen-bond acceptors (Lipinski definition) is 4. The van der Waals surface area contributed by atoms with Gasteiger partial charge < -0.3 is 9.80 Å². The Morgan fingerprint density at radius 1 is 1.05 bits per heavy atom. The number of nitrogens with zero attached hydrogens (tertiary/aromatic N) is 5. The number of rotatable bonds is 4. The number of alkyl halides is 3. The first-order chi connectivity index (χ1) is 17.5. The summed E-state index contributed by atoms with van der Waals surface area (Å²) in [5.74, 6) is -1.48. The molecule has 0 atom stereocenters. The van der Waals surface area contributed by atoms with E-state index in [-0.39, 0.29) is 25.0 Å². The quantitative estimate of drug-likeness (QED) is 0.368. The van der Waals surface area contributed by atoms with E-state index >= 15 is 0 Å². The molecule has 3 aromatic rings. The average Bonchev–Trinajstić information content (AvgIpc) is 3.22. The lowest BCUT2D eigenvalue weighted by Gasteiger charge is -2.39. The summed E-state index contributed by atoms with van der Waals surface area (Å²) in [4.78, 5) is 32.2. The van der Waals surface area contributed by atoms with Crippen molar-refractivity contribution in [2.45, 2.75) is 32.0 Å². The minimum absolute atomic E-state index is 0.153.